The zero-order chi connectivity index (χ0) is 66.9. The van der Waals surface area contributed by atoms with Crippen molar-refractivity contribution in [3.63, 3.8) is 0 Å². The van der Waals surface area contributed by atoms with Gasteiger partial charge >= 0.3 is 0 Å². The summed E-state index contributed by atoms with van der Waals surface area (Å²) in [5.74, 6) is 0. The highest BCUT2D eigenvalue weighted by Crippen LogP contribution is 2.54. The van der Waals surface area contributed by atoms with Crippen LogP contribution >= 0.6 is 0 Å². The molecule has 0 bridgehead atoms. The maximum Gasteiger partial charge on any atom is 0.252 e. The van der Waals surface area contributed by atoms with Gasteiger partial charge in [0.2, 0.25) is 0 Å². The van der Waals surface area contributed by atoms with Gasteiger partial charge in [0.1, 0.15) is 5.58 Å². The van der Waals surface area contributed by atoms with Crippen molar-refractivity contribution in [1.29, 1.82) is 0 Å². The van der Waals surface area contributed by atoms with Crippen LogP contribution in [0.15, 0.2) is 314 Å². The van der Waals surface area contributed by atoms with E-state index in [0.717, 1.165) is 78.8 Å². The summed E-state index contributed by atoms with van der Waals surface area (Å²) < 4.78 is 9.66. The lowest BCUT2D eigenvalue weighted by Crippen LogP contribution is -2.65. The number of anilines is 12. The molecule has 474 valence electrons. The average molecular weight is 1280 g/mol. The van der Waals surface area contributed by atoms with Gasteiger partial charge in [0.05, 0.1) is 22.4 Å². The molecule has 100 heavy (non-hydrogen) atoms. The van der Waals surface area contributed by atoms with Gasteiger partial charge in [0.15, 0.2) is 5.58 Å². The fourth-order valence-electron chi connectivity index (χ4n) is 17.2. The van der Waals surface area contributed by atoms with Gasteiger partial charge in [-0.3, -0.25) is 0 Å². The van der Waals surface area contributed by atoms with Gasteiger partial charge in [0.25, 0.3) is 13.4 Å². The van der Waals surface area contributed by atoms with Gasteiger partial charge in [-0.1, -0.05) is 254 Å². The molecule has 6 nitrogen and oxygen atoms in total. The van der Waals surface area contributed by atoms with Crippen LogP contribution in [0.5, 0.6) is 0 Å². The molecule has 0 radical (unpaired) electrons. The van der Waals surface area contributed by atoms with Gasteiger partial charge in [-0.15, -0.1) is 0 Å². The van der Waals surface area contributed by atoms with Crippen LogP contribution in [0.4, 0.5) is 68.2 Å². The van der Waals surface area contributed by atoms with E-state index >= 15 is 0 Å². The normalized spacial score (nSPS) is 13.6. The maximum absolute atomic E-state index is 7.19. The molecule has 16 aromatic rings. The molecule has 0 N–H and O–H groups in total. The quantitative estimate of drug-likeness (QED) is 0.148. The number of aromatic nitrogens is 1. The first-order chi connectivity index (χ1) is 48.9. The van der Waals surface area contributed by atoms with E-state index in [1.807, 2.05) is 0 Å². The highest BCUT2D eigenvalue weighted by atomic mass is 16.3. The molecule has 2 aromatic heterocycles. The maximum atomic E-state index is 7.19. The van der Waals surface area contributed by atoms with Crippen molar-refractivity contribution in [3.8, 4) is 27.9 Å². The first-order valence-corrected chi connectivity index (χ1v) is 35.1. The highest BCUT2D eigenvalue weighted by molar-refractivity contribution is 7.03. The van der Waals surface area contributed by atoms with E-state index in [2.05, 4.69) is 375 Å². The van der Waals surface area contributed by atoms with Crippen LogP contribution < -0.4 is 52.4 Å². The Balaban J connectivity index is 0.915. The Morgan fingerprint density at radius 2 is 0.710 bits per heavy atom. The molecule has 0 atom stereocenters. The first-order valence-electron chi connectivity index (χ1n) is 35.1. The third kappa shape index (κ3) is 8.59. The SMILES string of the molecule is CC(C)(C)c1cc2c3c(c1)N(c1c(-c4ccccc4)cccc1-c1ccccc1)c1ccccc1B3c1cc3c(cc1N2c1ccccc1)N(c1ccccc1)c1cc(C(C)(C)C)cc2c1B3c1ccc(-n3c4ccccc4c4ccccc43)cc1N2c1cccc2c1oc1ccccc12. The minimum atomic E-state index is -0.260. The Kier molecular flexibility index (Phi) is 12.7. The summed E-state index contributed by atoms with van der Waals surface area (Å²) in [5.41, 5.74) is 32.9. The van der Waals surface area contributed by atoms with E-state index in [-0.39, 0.29) is 24.3 Å². The minimum absolute atomic E-state index is 0.187. The summed E-state index contributed by atoms with van der Waals surface area (Å²) in [6.45, 7) is 13.8. The van der Waals surface area contributed by atoms with Gasteiger partial charge in [-0.05, 0) is 163 Å². The number of fused-ring (bicyclic) bond motifs is 14. The molecule has 4 aliphatic rings. The third-order valence-corrected chi connectivity index (χ3v) is 21.8. The third-order valence-electron chi connectivity index (χ3n) is 21.8. The van der Waals surface area contributed by atoms with E-state index in [1.54, 1.807) is 0 Å². The monoisotopic (exact) mass is 1280 g/mol. The van der Waals surface area contributed by atoms with Crippen LogP contribution in [0.25, 0.3) is 71.7 Å². The molecular formula is C92H69B2N5O. The van der Waals surface area contributed by atoms with Crippen molar-refractivity contribution in [3.05, 3.63) is 321 Å². The van der Waals surface area contributed by atoms with Crippen LogP contribution in [-0.4, -0.2) is 18.0 Å². The number of furan rings is 1. The molecule has 0 saturated heterocycles. The summed E-state index contributed by atoms with van der Waals surface area (Å²) in [7, 11) is 0. The molecular weight excluding hydrogens is 1210 g/mol. The van der Waals surface area contributed by atoms with Crippen LogP contribution in [-0.2, 0) is 10.8 Å². The van der Waals surface area contributed by atoms with E-state index in [1.165, 1.54) is 105 Å². The predicted molar refractivity (Wildman–Crippen MR) is 424 cm³/mol. The number of para-hydroxylation sites is 8. The average Bonchev–Trinajstić information content (AvgIpc) is 0.730. The number of nitrogens with zero attached hydrogens (tertiary/aromatic N) is 5. The van der Waals surface area contributed by atoms with E-state index in [4.69, 9.17) is 4.42 Å². The summed E-state index contributed by atoms with van der Waals surface area (Å²) in [5, 5.41) is 4.64. The summed E-state index contributed by atoms with van der Waals surface area (Å²) >= 11 is 0. The fraction of sp³-hybridized carbons (Fsp3) is 0.0870. The number of hydrogen-bond acceptors (Lipinski definition) is 5. The Morgan fingerprint density at radius 1 is 0.280 bits per heavy atom. The predicted octanol–water partition coefficient (Wildman–Crippen LogP) is 20.8. The minimum Gasteiger partial charge on any atom is -0.454 e. The van der Waals surface area contributed by atoms with Crippen molar-refractivity contribution in [2.45, 2.75) is 52.4 Å². The molecule has 4 aliphatic heterocycles. The molecule has 20 rings (SSSR count). The van der Waals surface area contributed by atoms with E-state index < -0.39 is 0 Å². The van der Waals surface area contributed by atoms with Crippen molar-refractivity contribution >= 4 is 158 Å². The standard InChI is InChI=1S/C92H69B2N5O/c1-91(2,3)60-51-82-87-84(53-60)98(78-47-28-42-70-69-39-21-26-48-86(69)100-90(70)78)79-55-64(97-75-44-23-19-37-67(75)68-38-20-24-45-76(68)97)49-50-72(79)94(87)74-56-73-80(57-81(74)95(82)62-33-15-9-16-34-62)96(63-35-17-10-18-36-63)83-52-61(92(4,5)6)54-85-88(83)93(73)71-43-22-25-46-77(71)99(85)89-65(58-29-11-7-12-30-58)40-27-41-66(89)59-31-13-8-14-32-59/h7-57H,1-6H3. The number of benzene rings is 14. The number of rotatable bonds is 7. The topological polar surface area (TPSA) is 31.0 Å². The lowest BCUT2D eigenvalue weighted by molar-refractivity contribution is 0.590. The molecule has 0 spiro atoms. The Hall–Kier alpha value is -12.0. The molecule has 8 heteroatoms. The first kappa shape index (κ1) is 58.2. The zero-order valence-electron chi connectivity index (χ0n) is 56.7. The zero-order valence-corrected chi connectivity index (χ0v) is 56.7. The second kappa shape index (κ2) is 21.8. The molecule has 0 unspecified atom stereocenters. The van der Waals surface area contributed by atoms with Crippen molar-refractivity contribution < 1.29 is 4.42 Å². The van der Waals surface area contributed by atoms with Crippen molar-refractivity contribution in [1.82, 2.24) is 4.57 Å². The smallest absolute Gasteiger partial charge is 0.252 e. The van der Waals surface area contributed by atoms with Crippen molar-refractivity contribution in [2.24, 2.45) is 0 Å². The van der Waals surface area contributed by atoms with Crippen LogP contribution in [0.2, 0.25) is 0 Å². The molecule has 6 heterocycles. The number of hydrogen-bond donors (Lipinski definition) is 0. The molecule has 14 aromatic carbocycles. The van der Waals surface area contributed by atoms with Gasteiger partial charge in [0, 0.05) is 95.2 Å². The fourth-order valence-corrected chi connectivity index (χ4v) is 17.2. The molecule has 0 saturated carbocycles. The highest BCUT2D eigenvalue weighted by Gasteiger charge is 2.50. The van der Waals surface area contributed by atoms with E-state index in [0.29, 0.717) is 0 Å². The van der Waals surface area contributed by atoms with Crippen LogP contribution in [0.1, 0.15) is 52.7 Å². The second-order valence-electron chi connectivity index (χ2n) is 29.6. The molecule has 0 fully saturated rings. The lowest BCUT2D eigenvalue weighted by atomic mass is 9.30. The Morgan fingerprint density at radius 3 is 1.27 bits per heavy atom. The largest absolute Gasteiger partial charge is 0.454 e. The Labute approximate surface area is 584 Å². The Bertz CT molecular complexity index is 5940. The lowest BCUT2D eigenvalue weighted by Gasteiger charge is -2.48. The van der Waals surface area contributed by atoms with Crippen LogP contribution in [0, 0.1) is 0 Å². The van der Waals surface area contributed by atoms with Crippen LogP contribution in [0.3, 0.4) is 0 Å². The van der Waals surface area contributed by atoms with Crippen molar-refractivity contribution in [2.75, 3.05) is 19.6 Å². The molecule has 0 amide bonds. The van der Waals surface area contributed by atoms with Gasteiger partial charge in [-0.25, -0.2) is 0 Å². The second-order valence-corrected chi connectivity index (χ2v) is 29.6. The summed E-state index contributed by atoms with van der Waals surface area (Å²) in [6.07, 6.45) is 0. The van der Waals surface area contributed by atoms with E-state index in [9.17, 15) is 0 Å². The van der Waals surface area contributed by atoms with Gasteiger partial charge in [-0.2, -0.15) is 0 Å². The van der Waals surface area contributed by atoms with Gasteiger partial charge < -0.3 is 28.6 Å². The molecule has 0 aliphatic carbocycles. The summed E-state index contributed by atoms with van der Waals surface area (Å²) in [6, 6.07) is 116. The summed E-state index contributed by atoms with van der Waals surface area (Å²) in [4.78, 5) is 10.4.